The van der Waals surface area contributed by atoms with Crippen LogP contribution in [0.4, 0.5) is 0 Å². The molecular weight excluding hydrogens is 559 g/mol. The summed E-state index contributed by atoms with van der Waals surface area (Å²) in [5, 5.41) is 25.1. The molecule has 0 aliphatic carbocycles. The Labute approximate surface area is 241 Å². The number of aryl methyl sites for hydroxylation is 1. The summed E-state index contributed by atoms with van der Waals surface area (Å²) in [6.45, 7) is -0.331. The van der Waals surface area contributed by atoms with Crippen LogP contribution in [0, 0.1) is 0 Å². The van der Waals surface area contributed by atoms with Crippen LogP contribution in [0.5, 0.6) is 5.75 Å². The van der Waals surface area contributed by atoms with Gasteiger partial charge in [-0.1, -0.05) is 41.4 Å². The molecule has 1 atom stereocenters. The molecule has 0 fully saturated rings. The zero-order valence-electron chi connectivity index (χ0n) is 21.4. The van der Waals surface area contributed by atoms with Gasteiger partial charge in [-0.3, -0.25) is 9.59 Å². The lowest BCUT2D eigenvalue weighted by molar-refractivity contribution is -0.139. The quantitative estimate of drug-likeness (QED) is 0.202. The second kappa shape index (κ2) is 14.9. The first-order valence-electron chi connectivity index (χ1n) is 12.4. The molecule has 40 heavy (non-hydrogen) atoms. The van der Waals surface area contributed by atoms with Crippen molar-refractivity contribution in [2.75, 3.05) is 13.2 Å². The van der Waals surface area contributed by atoms with E-state index in [1.54, 1.807) is 12.1 Å². The van der Waals surface area contributed by atoms with Gasteiger partial charge >= 0.3 is 11.9 Å². The molecule has 0 unspecified atom stereocenters. The maximum absolute atomic E-state index is 13.1. The maximum Gasteiger partial charge on any atom is 0.341 e. The van der Waals surface area contributed by atoms with E-state index in [-0.39, 0.29) is 17.7 Å². The number of nitrogens with one attached hydrogen (secondary N) is 2. The SMILES string of the molecule is O=C(O)COc1ccc(C[C@H](NC(=O)c2ccc(Cl)cc2)C(=O)NCCCCc2ccc(Cl)cc2)cc1C(=O)O. The van der Waals surface area contributed by atoms with Gasteiger partial charge in [0.25, 0.3) is 5.91 Å². The van der Waals surface area contributed by atoms with Crippen LogP contribution in [0.1, 0.15) is 44.7 Å². The monoisotopic (exact) mass is 586 g/mol. The zero-order valence-corrected chi connectivity index (χ0v) is 22.9. The first-order chi connectivity index (χ1) is 19.1. The number of ether oxygens (including phenoxy) is 1. The Morgan fingerprint density at radius 1 is 0.825 bits per heavy atom. The average molecular weight is 587 g/mol. The average Bonchev–Trinajstić information content (AvgIpc) is 2.92. The van der Waals surface area contributed by atoms with E-state index in [2.05, 4.69) is 10.6 Å². The lowest BCUT2D eigenvalue weighted by Crippen LogP contribution is -2.48. The molecular formula is C29H28Cl2N2O7. The van der Waals surface area contributed by atoms with Crippen molar-refractivity contribution in [2.45, 2.75) is 31.7 Å². The van der Waals surface area contributed by atoms with Crippen LogP contribution in [0.25, 0.3) is 0 Å². The first-order valence-corrected chi connectivity index (χ1v) is 13.2. The summed E-state index contributed by atoms with van der Waals surface area (Å²) >= 11 is 11.8. The smallest absolute Gasteiger partial charge is 0.341 e. The summed E-state index contributed by atoms with van der Waals surface area (Å²) in [6.07, 6.45) is 2.32. The maximum atomic E-state index is 13.1. The highest BCUT2D eigenvalue weighted by Gasteiger charge is 2.23. The fourth-order valence-electron chi connectivity index (χ4n) is 3.86. The number of rotatable bonds is 14. The van der Waals surface area contributed by atoms with Gasteiger partial charge in [-0.05, 0) is 78.9 Å². The minimum atomic E-state index is -1.32. The van der Waals surface area contributed by atoms with Crippen molar-refractivity contribution < 1.29 is 34.1 Å². The Balaban J connectivity index is 1.69. The zero-order chi connectivity index (χ0) is 29.1. The molecule has 0 aliphatic heterocycles. The van der Waals surface area contributed by atoms with Gasteiger partial charge < -0.3 is 25.6 Å². The van der Waals surface area contributed by atoms with E-state index in [1.165, 1.54) is 30.3 Å². The predicted molar refractivity (Wildman–Crippen MR) is 150 cm³/mol. The largest absolute Gasteiger partial charge is 0.481 e. The highest BCUT2D eigenvalue weighted by molar-refractivity contribution is 6.30. The van der Waals surface area contributed by atoms with E-state index in [0.29, 0.717) is 34.1 Å². The number of aromatic carboxylic acids is 1. The molecule has 0 saturated carbocycles. The molecule has 3 aromatic carbocycles. The summed E-state index contributed by atoms with van der Waals surface area (Å²) in [5.74, 6) is -3.63. The molecule has 0 aliphatic rings. The molecule has 0 heterocycles. The van der Waals surface area contributed by atoms with Crippen molar-refractivity contribution in [2.24, 2.45) is 0 Å². The van der Waals surface area contributed by atoms with Gasteiger partial charge in [0.2, 0.25) is 5.91 Å². The number of amides is 2. The van der Waals surface area contributed by atoms with Crippen LogP contribution < -0.4 is 15.4 Å². The summed E-state index contributed by atoms with van der Waals surface area (Å²) in [4.78, 5) is 48.6. The van der Waals surface area contributed by atoms with Crippen molar-refractivity contribution in [1.29, 1.82) is 0 Å². The van der Waals surface area contributed by atoms with Gasteiger partial charge in [0.15, 0.2) is 6.61 Å². The molecule has 0 bridgehead atoms. The normalized spacial score (nSPS) is 11.3. The van der Waals surface area contributed by atoms with E-state index in [0.717, 1.165) is 18.4 Å². The molecule has 2 amide bonds. The number of benzene rings is 3. The number of aliphatic carboxylic acids is 1. The third-order valence-corrected chi connectivity index (χ3v) is 6.40. The first kappa shape index (κ1) is 30.5. The number of carbonyl (C=O) groups excluding carboxylic acids is 2. The molecule has 3 rings (SSSR count). The van der Waals surface area contributed by atoms with Crippen molar-refractivity contribution in [1.82, 2.24) is 10.6 Å². The molecule has 0 radical (unpaired) electrons. The van der Waals surface area contributed by atoms with Crippen LogP contribution in [0.2, 0.25) is 10.0 Å². The number of carboxylic acids is 2. The fraction of sp³-hybridized carbons (Fsp3) is 0.241. The van der Waals surface area contributed by atoms with E-state index in [9.17, 15) is 24.3 Å². The molecule has 210 valence electrons. The topological polar surface area (TPSA) is 142 Å². The summed E-state index contributed by atoms with van der Waals surface area (Å²) in [7, 11) is 0. The van der Waals surface area contributed by atoms with Gasteiger partial charge in [0, 0.05) is 28.6 Å². The third kappa shape index (κ3) is 9.59. The molecule has 4 N–H and O–H groups in total. The minimum absolute atomic E-state index is 0.0184. The molecule has 9 nitrogen and oxygen atoms in total. The Hall–Kier alpha value is -4.08. The molecule has 11 heteroatoms. The van der Waals surface area contributed by atoms with Crippen molar-refractivity contribution in [3.8, 4) is 5.75 Å². The summed E-state index contributed by atoms with van der Waals surface area (Å²) in [5.41, 5.74) is 1.60. The standard InChI is InChI=1S/C29H28Cl2N2O7/c30-21-9-4-18(5-10-21)3-1-2-14-32-28(37)24(33-27(36)20-7-11-22(31)12-8-20)16-19-6-13-25(40-17-26(34)35)23(15-19)29(38)39/h4-13,15,24H,1-3,14,16-17H2,(H,32,37)(H,33,36)(H,34,35)(H,38,39)/t24-/m0/s1. The number of hydrogen-bond acceptors (Lipinski definition) is 5. The Morgan fingerprint density at radius 2 is 1.45 bits per heavy atom. The van der Waals surface area contributed by atoms with Gasteiger partial charge in [-0.25, -0.2) is 9.59 Å². The van der Waals surface area contributed by atoms with Crippen molar-refractivity contribution in [3.63, 3.8) is 0 Å². The lowest BCUT2D eigenvalue weighted by atomic mass is 10.0. The Bertz CT molecular complexity index is 1350. The van der Waals surface area contributed by atoms with Crippen molar-refractivity contribution >= 4 is 47.0 Å². The number of hydrogen-bond donors (Lipinski definition) is 4. The van der Waals surface area contributed by atoms with Crippen LogP contribution in [-0.4, -0.2) is 53.2 Å². The van der Waals surface area contributed by atoms with Gasteiger partial charge in [-0.2, -0.15) is 0 Å². The lowest BCUT2D eigenvalue weighted by Gasteiger charge is -2.19. The molecule has 3 aromatic rings. The second-order valence-corrected chi connectivity index (χ2v) is 9.80. The number of halogens is 2. The highest BCUT2D eigenvalue weighted by atomic mass is 35.5. The van der Waals surface area contributed by atoms with Crippen LogP contribution in [0.15, 0.2) is 66.7 Å². The minimum Gasteiger partial charge on any atom is -0.481 e. The number of carboxylic acid groups (broad SMARTS) is 2. The summed E-state index contributed by atoms with van der Waals surface area (Å²) in [6, 6.07) is 16.8. The fourth-order valence-corrected chi connectivity index (χ4v) is 4.12. The van der Waals surface area contributed by atoms with Crippen molar-refractivity contribution in [3.05, 3.63) is 99.0 Å². The van der Waals surface area contributed by atoms with Crippen LogP contribution in [-0.2, 0) is 22.4 Å². The van der Waals surface area contributed by atoms with Gasteiger partial charge in [0.05, 0.1) is 0 Å². The number of unbranched alkanes of at least 4 members (excludes halogenated alkanes) is 1. The second-order valence-electron chi connectivity index (χ2n) is 8.93. The van der Waals surface area contributed by atoms with Crippen LogP contribution in [0.3, 0.4) is 0 Å². The predicted octanol–water partition coefficient (Wildman–Crippen LogP) is 4.64. The van der Waals surface area contributed by atoms with Crippen LogP contribution >= 0.6 is 23.2 Å². The highest BCUT2D eigenvalue weighted by Crippen LogP contribution is 2.22. The summed E-state index contributed by atoms with van der Waals surface area (Å²) < 4.78 is 5.07. The van der Waals surface area contributed by atoms with E-state index in [4.69, 9.17) is 33.0 Å². The molecule has 0 spiro atoms. The van der Waals surface area contributed by atoms with E-state index >= 15 is 0 Å². The Morgan fingerprint density at radius 3 is 2.08 bits per heavy atom. The Kier molecular flexibility index (Phi) is 11.4. The molecule has 0 aromatic heterocycles. The van der Waals surface area contributed by atoms with E-state index in [1.807, 2.05) is 24.3 Å². The van der Waals surface area contributed by atoms with Gasteiger partial charge in [-0.15, -0.1) is 0 Å². The van der Waals surface area contributed by atoms with Gasteiger partial charge in [0.1, 0.15) is 17.4 Å². The third-order valence-electron chi connectivity index (χ3n) is 5.90. The number of carbonyl (C=O) groups is 4. The molecule has 0 saturated heterocycles. The van der Waals surface area contributed by atoms with E-state index < -0.39 is 36.4 Å².